The predicted octanol–water partition coefficient (Wildman–Crippen LogP) is 3.23. The summed E-state index contributed by atoms with van der Waals surface area (Å²) in [6.07, 6.45) is 3.60. The number of nitrogens with one attached hydrogen (secondary N) is 1. The van der Waals surface area contributed by atoms with Gasteiger partial charge in [0.2, 0.25) is 0 Å². The van der Waals surface area contributed by atoms with E-state index >= 15 is 0 Å². The van der Waals surface area contributed by atoms with Crippen molar-refractivity contribution in [2.45, 2.75) is 6.54 Å². The number of nitrogens with zero attached hydrogens (tertiary/aromatic N) is 5. The molecule has 7 nitrogen and oxygen atoms in total. The van der Waals surface area contributed by atoms with E-state index in [0.717, 1.165) is 15.8 Å². The van der Waals surface area contributed by atoms with Gasteiger partial charge in [-0.3, -0.25) is 4.98 Å². The first-order valence-corrected chi connectivity index (χ1v) is 8.77. The molecule has 1 aromatic carbocycles. The van der Waals surface area contributed by atoms with E-state index in [1.165, 1.54) is 0 Å². The third kappa shape index (κ3) is 2.72. The summed E-state index contributed by atoms with van der Waals surface area (Å²) in [5.41, 5.74) is 8.75. The first-order valence-electron chi connectivity index (χ1n) is 7.10. The van der Waals surface area contributed by atoms with Gasteiger partial charge in [0, 0.05) is 16.5 Å². The van der Waals surface area contributed by atoms with Gasteiger partial charge >= 0.3 is 0 Å². The zero-order valence-electron chi connectivity index (χ0n) is 12.3. The van der Waals surface area contributed by atoms with Crippen molar-refractivity contribution in [1.82, 2.24) is 24.7 Å². The summed E-state index contributed by atoms with van der Waals surface area (Å²) >= 11 is 5.01. The quantitative estimate of drug-likeness (QED) is 0.544. The molecule has 0 aliphatic heterocycles. The van der Waals surface area contributed by atoms with Gasteiger partial charge in [-0.15, -0.1) is 11.3 Å². The lowest BCUT2D eigenvalue weighted by atomic mass is 10.3. The summed E-state index contributed by atoms with van der Waals surface area (Å²) in [7, 11) is 0. The maximum Gasteiger partial charge on any atom is 0.255 e. The monoisotopic (exact) mass is 401 g/mol. The molecule has 4 rings (SSSR count). The van der Waals surface area contributed by atoms with Crippen LogP contribution in [0.3, 0.4) is 0 Å². The fraction of sp³-hybridized carbons (Fsp3) is 0.0667. The molecular formula is C15H12BrN7S. The molecule has 0 aliphatic carbocycles. The molecule has 0 atom stereocenters. The molecule has 0 unspecified atom stereocenters. The number of halogens is 1. The van der Waals surface area contributed by atoms with Gasteiger partial charge in [0.05, 0.1) is 23.8 Å². The van der Waals surface area contributed by atoms with Crippen LogP contribution in [0.15, 0.2) is 46.6 Å². The Labute approximate surface area is 149 Å². The molecule has 0 saturated carbocycles. The second-order valence-corrected chi connectivity index (χ2v) is 6.77. The van der Waals surface area contributed by atoms with Gasteiger partial charge in [-0.1, -0.05) is 18.2 Å². The molecule has 120 valence electrons. The molecule has 0 radical (unpaired) electrons. The van der Waals surface area contributed by atoms with Crippen LogP contribution in [-0.2, 0) is 6.54 Å². The number of anilines is 2. The number of fused-ring (bicyclic) bond motifs is 1. The zero-order valence-corrected chi connectivity index (χ0v) is 14.8. The highest BCUT2D eigenvalue weighted by Crippen LogP contribution is 2.28. The van der Waals surface area contributed by atoms with Crippen LogP contribution in [0.1, 0.15) is 4.88 Å². The van der Waals surface area contributed by atoms with Gasteiger partial charge in [0.15, 0.2) is 0 Å². The molecule has 0 amide bonds. The van der Waals surface area contributed by atoms with Gasteiger partial charge in [0.25, 0.3) is 5.95 Å². The Kier molecular flexibility index (Phi) is 3.87. The summed E-state index contributed by atoms with van der Waals surface area (Å²) < 4.78 is 2.31. The van der Waals surface area contributed by atoms with Gasteiger partial charge in [-0.25, -0.2) is 0 Å². The van der Waals surface area contributed by atoms with Crippen molar-refractivity contribution in [3.8, 4) is 5.95 Å². The molecule has 24 heavy (non-hydrogen) atoms. The smallest absolute Gasteiger partial charge is 0.255 e. The van der Waals surface area contributed by atoms with Gasteiger partial charge in [-0.2, -0.15) is 19.7 Å². The lowest BCUT2D eigenvalue weighted by Gasteiger charge is -2.10. The summed E-state index contributed by atoms with van der Waals surface area (Å²) in [6, 6.07) is 7.87. The summed E-state index contributed by atoms with van der Waals surface area (Å²) in [4.78, 5) is 14.1. The van der Waals surface area contributed by atoms with E-state index < -0.39 is 0 Å². The van der Waals surface area contributed by atoms with Crippen molar-refractivity contribution >= 4 is 49.8 Å². The fourth-order valence-electron chi connectivity index (χ4n) is 2.30. The Morgan fingerprint density at radius 2 is 2.08 bits per heavy atom. The fourth-order valence-corrected chi connectivity index (χ4v) is 3.15. The predicted molar refractivity (Wildman–Crippen MR) is 98.2 cm³/mol. The lowest BCUT2D eigenvalue weighted by molar-refractivity contribution is 0.833. The van der Waals surface area contributed by atoms with Crippen molar-refractivity contribution in [3.05, 3.63) is 51.5 Å². The Balaban J connectivity index is 1.74. The molecule has 0 spiro atoms. The number of thiazole rings is 1. The van der Waals surface area contributed by atoms with Crippen LogP contribution in [0, 0.1) is 0 Å². The maximum atomic E-state index is 6.03. The van der Waals surface area contributed by atoms with Gasteiger partial charge < -0.3 is 11.1 Å². The van der Waals surface area contributed by atoms with Crippen molar-refractivity contribution < 1.29 is 0 Å². The average Bonchev–Trinajstić information content (AvgIpc) is 3.25. The van der Waals surface area contributed by atoms with E-state index in [2.05, 4.69) is 41.3 Å². The zero-order chi connectivity index (χ0) is 16.5. The molecule has 3 aromatic heterocycles. The second-order valence-electron chi connectivity index (χ2n) is 5.01. The van der Waals surface area contributed by atoms with Gasteiger partial charge in [-0.05, 0) is 22.0 Å². The number of nitrogens with two attached hydrogens (primary N) is 1. The van der Waals surface area contributed by atoms with Crippen LogP contribution in [-0.4, -0.2) is 24.7 Å². The Morgan fingerprint density at radius 1 is 1.21 bits per heavy atom. The SMILES string of the molecule is Nc1nc(-n2ncc3ccccc32)nc(NCc2cncs2)c1Br. The standard InChI is InChI=1S/C15H12BrN7S/c16-12-13(17)21-15(22-14(12)19-7-10-6-18-8-24-10)23-11-4-2-1-3-9(11)5-20-23/h1-6,8H,7H2,(H3,17,19,21,22). The van der Waals surface area contributed by atoms with E-state index in [9.17, 15) is 0 Å². The molecule has 4 aromatic rings. The minimum atomic E-state index is 0.353. The maximum absolute atomic E-state index is 6.03. The highest BCUT2D eigenvalue weighted by molar-refractivity contribution is 9.10. The first-order chi connectivity index (χ1) is 11.7. The number of aromatic nitrogens is 5. The average molecular weight is 402 g/mol. The molecule has 0 bridgehead atoms. The van der Waals surface area contributed by atoms with E-state index in [4.69, 9.17) is 5.73 Å². The first kappa shape index (κ1) is 15.0. The topological polar surface area (TPSA) is 94.5 Å². The summed E-state index contributed by atoms with van der Waals surface area (Å²) in [5.74, 6) is 1.39. The van der Waals surface area contributed by atoms with Crippen LogP contribution in [0.4, 0.5) is 11.6 Å². The molecular weight excluding hydrogens is 390 g/mol. The highest BCUT2D eigenvalue weighted by Gasteiger charge is 2.14. The third-order valence-electron chi connectivity index (χ3n) is 3.45. The summed E-state index contributed by atoms with van der Waals surface area (Å²) in [6.45, 7) is 0.610. The summed E-state index contributed by atoms with van der Waals surface area (Å²) in [5, 5.41) is 8.65. The van der Waals surface area contributed by atoms with Crippen molar-refractivity contribution in [2.75, 3.05) is 11.1 Å². The highest BCUT2D eigenvalue weighted by atomic mass is 79.9. The normalized spacial score (nSPS) is 11.0. The van der Waals surface area contributed by atoms with Crippen LogP contribution in [0.25, 0.3) is 16.9 Å². The molecule has 3 heterocycles. The minimum absolute atomic E-state index is 0.353. The number of nitrogen functional groups attached to an aromatic ring is 1. The molecule has 3 N–H and O–H groups in total. The van der Waals surface area contributed by atoms with Crippen LogP contribution in [0.5, 0.6) is 0 Å². The van der Waals surface area contributed by atoms with Crippen molar-refractivity contribution in [2.24, 2.45) is 0 Å². The van der Waals surface area contributed by atoms with E-state index in [-0.39, 0.29) is 0 Å². The number of para-hydroxylation sites is 1. The molecule has 0 saturated heterocycles. The van der Waals surface area contributed by atoms with E-state index in [1.54, 1.807) is 27.7 Å². The lowest BCUT2D eigenvalue weighted by Crippen LogP contribution is -2.10. The van der Waals surface area contributed by atoms with Crippen molar-refractivity contribution in [1.29, 1.82) is 0 Å². The Bertz CT molecular complexity index is 996. The largest absolute Gasteiger partial charge is 0.383 e. The number of rotatable bonds is 4. The Morgan fingerprint density at radius 3 is 2.92 bits per heavy atom. The van der Waals surface area contributed by atoms with Crippen molar-refractivity contribution in [3.63, 3.8) is 0 Å². The molecule has 9 heteroatoms. The number of benzene rings is 1. The molecule has 0 aliphatic rings. The second kappa shape index (κ2) is 6.17. The van der Waals surface area contributed by atoms with E-state index in [0.29, 0.717) is 28.6 Å². The minimum Gasteiger partial charge on any atom is -0.383 e. The van der Waals surface area contributed by atoms with Crippen LogP contribution < -0.4 is 11.1 Å². The van der Waals surface area contributed by atoms with E-state index in [1.807, 2.05) is 30.5 Å². The van der Waals surface area contributed by atoms with Crippen LogP contribution in [0.2, 0.25) is 0 Å². The third-order valence-corrected chi connectivity index (χ3v) is 5.01. The van der Waals surface area contributed by atoms with Crippen LogP contribution >= 0.6 is 27.3 Å². The number of hydrogen-bond donors (Lipinski definition) is 2. The van der Waals surface area contributed by atoms with Gasteiger partial charge in [0.1, 0.15) is 16.1 Å². The molecule has 0 fully saturated rings. The number of hydrogen-bond acceptors (Lipinski definition) is 7. The Hall–Kier alpha value is -2.52.